The summed E-state index contributed by atoms with van der Waals surface area (Å²) >= 11 is 5.81. The molecule has 1 unspecified atom stereocenters. The molecule has 6 heteroatoms. The van der Waals surface area contributed by atoms with Crippen molar-refractivity contribution in [3.63, 3.8) is 0 Å². The minimum atomic E-state index is -1.05. The van der Waals surface area contributed by atoms with E-state index >= 15 is 0 Å². The fourth-order valence-electron chi connectivity index (χ4n) is 1.91. The first-order valence-corrected chi connectivity index (χ1v) is 7.81. The Balaban J connectivity index is 2.36. The molecule has 1 amide bonds. The summed E-state index contributed by atoms with van der Waals surface area (Å²) in [6.45, 7) is 2.29. The zero-order valence-electron chi connectivity index (χ0n) is 12.7. The van der Waals surface area contributed by atoms with Gasteiger partial charge in [0.1, 0.15) is 6.04 Å². The van der Waals surface area contributed by atoms with E-state index in [0.717, 1.165) is 24.8 Å². The van der Waals surface area contributed by atoms with Crippen LogP contribution in [0.15, 0.2) is 24.3 Å². The van der Waals surface area contributed by atoms with Crippen LogP contribution in [0.2, 0.25) is 5.02 Å². The minimum Gasteiger partial charge on any atom is -0.480 e. The van der Waals surface area contributed by atoms with E-state index in [1.165, 1.54) is 0 Å². The number of alkyl carbamates (subject to hydrolysis) is 1. The second-order valence-electron chi connectivity index (χ2n) is 5.04. The van der Waals surface area contributed by atoms with Crippen molar-refractivity contribution in [2.45, 2.75) is 45.1 Å². The molecule has 0 aromatic heterocycles. The van der Waals surface area contributed by atoms with Crippen LogP contribution in [0.25, 0.3) is 0 Å². The molecule has 0 heterocycles. The Bertz CT molecular complexity index is 476. The second kappa shape index (κ2) is 10.1. The number of benzene rings is 1. The third-order valence-corrected chi connectivity index (χ3v) is 3.44. The first-order chi connectivity index (χ1) is 10.5. The van der Waals surface area contributed by atoms with Crippen LogP contribution in [0.3, 0.4) is 0 Å². The lowest BCUT2D eigenvalue weighted by atomic mass is 10.0. The van der Waals surface area contributed by atoms with E-state index in [2.05, 4.69) is 5.32 Å². The predicted octanol–water partition coefficient (Wildman–Crippen LogP) is 3.64. The summed E-state index contributed by atoms with van der Waals surface area (Å²) in [6, 6.07) is 6.49. The van der Waals surface area contributed by atoms with Gasteiger partial charge in [-0.3, -0.25) is 0 Å². The molecule has 2 N–H and O–H groups in total. The summed E-state index contributed by atoms with van der Waals surface area (Å²) in [6.07, 6.45) is 2.73. The van der Waals surface area contributed by atoms with E-state index in [0.29, 0.717) is 24.5 Å². The molecule has 0 saturated heterocycles. The number of rotatable bonds is 9. The van der Waals surface area contributed by atoms with Crippen LogP contribution < -0.4 is 5.32 Å². The van der Waals surface area contributed by atoms with E-state index in [9.17, 15) is 9.59 Å². The molecule has 0 bridgehead atoms. The molecular weight excluding hydrogens is 306 g/mol. The zero-order chi connectivity index (χ0) is 16.4. The van der Waals surface area contributed by atoms with Crippen molar-refractivity contribution in [3.05, 3.63) is 34.9 Å². The fraction of sp³-hybridized carbons (Fsp3) is 0.500. The number of ether oxygens (including phenoxy) is 1. The smallest absolute Gasteiger partial charge is 0.407 e. The molecule has 1 aromatic carbocycles. The van der Waals surface area contributed by atoms with Crippen LogP contribution in [-0.4, -0.2) is 29.8 Å². The van der Waals surface area contributed by atoms with Gasteiger partial charge in [-0.25, -0.2) is 9.59 Å². The summed E-state index contributed by atoms with van der Waals surface area (Å²) in [4.78, 5) is 22.7. The zero-order valence-corrected chi connectivity index (χ0v) is 13.4. The predicted molar refractivity (Wildman–Crippen MR) is 85.2 cm³/mol. The summed E-state index contributed by atoms with van der Waals surface area (Å²) in [5.41, 5.74) is 1.08. The third-order valence-electron chi connectivity index (χ3n) is 3.19. The molecule has 1 atom stereocenters. The van der Waals surface area contributed by atoms with Gasteiger partial charge in [0.25, 0.3) is 0 Å². The molecule has 0 fully saturated rings. The van der Waals surface area contributed by atoms with Gasteiger partial charge in [-0.05, 0) is 43.4 Å². The number of unbranched alkanes of at least 4 members (excludes halogenated alkanes) is 1. The fourth-order valence-corrected chi connectivity index (χ4v) is 2.04. The molecule has 22 heavy (non-hydrogen) atoms. The standard InChI is InChI=1S/C16H22ClNO4/c1-2-3-11-22-16(21)18-14(15(19)20)6-4-5-12-7-9-13(17)10-8-12/h7-10,14H,2-6,11H2,1H3,(H,18,21)(H,19,20). The minimum absolute atomic E-state index is 0.305. The Morgan fingerprint density at radius 3 is 2.55 bits per heavy atom. The quantitative estimate of drug-likeness (QED) is 0.679. The lowest BCUT2D eigenvalue weighted by Crippen LogP contribution is -2.41. The number of carboxylic acid groups (broad SMARTS) is 1. The second-order valence-corrected chi connectivity index (χ2v) is 5.48. The number of hydrogen-bond donors (Lipinski definition) is 2. The highest BCUT2D eigenvalue weighted by atomic mass is 35.5. The van der Waals surface area contributed by atoms with Crippen molar-refractivity contribution in [2.24, 2.45) is 0 Å². The van der Waals surface area contributed by atoms with Gasteiger partial charge in [0.2, 0.25) is 0 Å². The van der Waals surface area contributed by atoms with Crippen molar-refractivity contribution in [3.8, 4) is 0 Å². The molecule has 0 aliphatic heterocycles. The highest BCUT2D eigenvalue weighted by Gasteiger charge is 2.20. The van der Waals surface area contributed by atoms with Gasteiger partial charge in [0.15, 0.2) is 0 Å². The van der Waals surface area contributed by atoms with E-state index in [1.54, 1.807) is 12.1 Å². The van der Waals surface area contributed by atoms with Crippen molar-refractivity contribution in [2.75, 3.05) is 6.61 Å². The SMILES string of the molecule is CCCCOC(=O)NC(CCCc1ccc(Cl)cc1)C(=O)O. The average Bonchev–Trinajstić information content (AvgIpc) is 2.48. The molecule has 1 rings (SSSR count). The Kier molecular flexibility index (Phi) is 8.36. The van der Waals surface area contributed by atoms with Crippen LogP contribution in [0, 0.1) is 0 Å². The number of carbonyl (C=O) groups excluding carboxylic acids is 1. The third kappa shape index (κ3) is 7.31. The number of halogens is 1. The van der Waals surface area contributed by atoms with E-state index in [1.807, 2.05) is 19.1 Å². The molecule has 0 aliphatic carbocycles. The Morgan fingerprint density at radius 1 is 1.27 bits per heavy atom. The monoisotopic (exact) mass is 327 g/mol. The van der Waals surface area contributed by atoms with Gasteiger partial charge in [0, 0.05) is 5.02 Å². The number of amides is 1. The number of aliphatic carboxylic acids is 1. The summed E-state index contributed by atoms with van der Waals surface area (Å²) in [5.74, 6) is -1.05. The highest BCUT2D eigenvalue weighted by molar-refractivity contribution is 6.30. The van der Waals surface area contributed by atoms with Gasteiger partial charge >= 0.3 is 12.1 Å². The Labute approximate surface area is 135 Å². The van der Waals surface area contributed by atoms with Gasteiger partial charge < -0.3 is 15.2 Å². The molecule has 0 spiro atoms. The van der Waals surface area contributed by atoms with Crippen LogP contribution in [-0.2, 0) is 16.0 Å². The summed E-state index contributed by atoms with van der Waals surface area (Å²) in [5, 5.41) is 12.2. The molecule has 0 radical (unpaired) electrons. The van der Waals surface area contributed by atoms with Crippen LogP contribution in [0.4, 0.5) is 4.79 Å². The Hall–Kier alpha value is -1.75. The molecule has 0 aliphatic rings. The summed E-state index contributed by atoms with van der Waals surface area (Å²) in [7, 11) is 0. The summed E-state index contributed by atoms with van der Waals surface area (Å²) < 4.78 is 4.91. The maximum Gasteiger partial charge on any atom is 0.407 e. The first-order valence-electron chi connectivity index (χ1n) is 7.43. The topological polar surface area (TPSA) is 75.6 Å². The van der Waals surface area contributed by atoms with Crippen molar-refractivity contribution in [1.29, 1.82) is 0 Å². The highest BCUT2D eigenvalue weighted by Crippen LogP contribution is 2.12. The van der Waals surface area contributed by atoms with Crippen molar-refractivity contribution < 1.29 is 19.4 Å². The number of nitrogens with one attached hydrogen (secondary N) is 1. The van der Waals surface area contributed by atoms with Gasteiger partial charge in [-0.15, -0.1) is 0 Å². The van der Waals surface area contributed by atoms with E-state index < -0.39 is 18.1 Å². The average molecular weight is 328 g/mol. The molecular formula is C16H22ClNO4. The van der Waals surface area contributed by atoms with Gasteiger partial charge in [-0.2, -0.15) is 0 Å². The van der Waals surface area contributed by atoms with Crippen molar-refractivity contribution >= 4 is 23.7 Å². The van der Waals surface area contributed by atoms with Crippen LogP contribution >= 0.6 is 11.6 Å². The maximum absolute atomic E-state index is 11.5. The molecule has 5 nitrogen and oxygen atoms in total. The molecule has 122 valence electrons. The molecule has 0 saturated carbocycles. The largest absolute Gasteiger partial charge is 0.480 e. The van der Waals surface area contributed by atoms with Gasteiger partial charge in [0.05, 0.1) is 6.61 Å². The lowest BCUT2D eigenvalue weighted by Gasteiger charge is -2.14. The van der Waals surface area contributed by atoms with E-state index in [-0.39, 0.29) is 0 Å². The van der Waals surface area contributed by atoms with Gasteiger partial charge in [-0.1, -0.05) is 37.1 Å². The lowest BCUT2D eigenvalue weighted by molar-refractivity contribution is -0.139. The maximum atomic E-state index is 11.5. The number of carbonyl (C=O) groups is 2. The van der Waals surface area contributed by atoms with E-state index in [4.69, 9.17) is 21.4 Å². The van der Waals surface area contributed by atoms with Crippen LogP contribution in [0.5, 0.6) is 0 Å². The first kappa shape index (κ1) is 18.3. The Morgan fingerprint density at radius 2 is 1.95 bits per heavy atom. The number of hydrogen-bond acceptors (Lipinski definition) is 3. The number of aryl methyl sites for hydroxylation is 1. The van der Waals surface area contributed by atoms with Crippen LogP contribution in [0.1, 0.15) is 38.2 Å². The number of carboxylic acids is 1. The van der Waals surface area contributed by atoms with Crippen molar-refractivity contribution in [1.82, 2.24) is 5.32 Å². The molecule has 1 aromatic rings. The normalized spacial score (nSPS) is 11.7.